The lowest BCUT2D eigenvalue weighted by atomic mass is 10.2. The third kappa shape index (κ3) is 3.47. The standard InChI is InChI=1S/C20H20N8O/c1-15-4-2-5-16(12-15)13-23-28-14-21-17-18(27-7-3-6-22-27)24-20(25-19(17)28)26-8-10-29-11-9-26/h2-7,12-14H,8-11H2,1H3. The van der Waals surface area contributed by atoms with Gasteiger partial charge in [-0.05, 0) is 18.6 Å². The predicted molar refractivity (Wildman–Crippen MR) is 110 cm³/mol. The average Bonchev–Trinajstić information content (AvgIpc) is 3.42. The summed E-state index contributed by atoms with van der Waals surface area (Å²) in [5, 5.41) is 8.91. The normalized spacial score (nSPS) is 14.9. The van der Waals surface area contributed by atoms with Gasteiger partial charge >= 0.3 is 0 Å². The number of ether oxygens (including phenoxy) is 1. The summed E-state index contributed by atoms with van der Waals surface area (Å²) < 4.78 is 8.84. The van der Waals surface area contributed by atoms with Crippen molar-refractivity contribution in [1.29, 1.82) is 0 Å². The maximum atomic E-state index is 5.46. The summed E-state index contributed by atoms with van der Waals surface area (Å²) in [6, 6.07) is 10.0. The van der Waals surface area contributed by atoms with Gasteiger partial charge in [-0.25, -0.2) is 14.3 Å². The Morgan fingerprint density at radius 3 is 2.83 bits per heavy atom. The van der Waals surface area contributed by atoms with E-state index in [4.69, 9.17) is 14.7 Å². The molecule has 0 bridgehead atoms. The Morgan fingerprint density at radius 2 is 2.03 bits per heavy atom. The topological polar surface area (TPSA) is 86.2 Å². The average molecular weight is 388 g/mol. The van der Waals surface area contributed by atoms with E-state index in [1.165, 1.54) is 5.56 Å². The summed E-state index contributed by atoms with van der Waals surface area (Å²) in [4.78, 5) is 16.1. The molecule has 0 unspecified atom stereocenters. The molecule has 146 valence electrons. The maximum Gasteiger partial charge on any atom is 0.229 e. The van der Waals surface area contributed by atoms with Gasteiger partial charge in [0.15, 0.2) is 17.0 Å². The summed E-state index contributed by atoms with van der Waals surface area (Å²) in [5.74, 6) is 1.25. The monoisotopic (exact) mass is 388 g/mol. The summed E-state index contributed by atoms with van der Waals surface area (Å²) in [6.07, 6.45) is 7.02. The molecule has 0 amide bonds. The number of aryl methyl sites for hydroxylation is 1. The second-order valence-corrected chi connectivity index (χ2v) is 6.82. The molecule has 0 N–H and O–H groups in total. The van der Waals surface area contributed by atoms with Gasteiger partial charge in [0.2, 0.25) is 5.95 Å². The molecule has 0 saturated carbocycles. The largest absolute Gasteiger partial charge is 0.378 e. The highest BCUT2D eigenvalue weighted by Crippen LogP contribution is 2.22. The van der Waals surface area contributed by atoms with Gasteiger partial charge in [-0.2, -0.15) is 20.2 Å². The molecule has 0 aliphatic carbocycles. The highest BCUT2D eigenvalue weighted by Gasteiger charge is 2.20. The van der Waals surface area contributed by atoms with Crippen LogP contribution >= 0.6 is 0 Å². The molecule has 0 spiro atoms. The van der Waals surface area contributed by atoms with Gasteiger partial charge in [-0.15, -0.1) is 0 Å². The molecule has 3 aromatic heterocycles. The van der Waals surface area contributed by atoms with E-state index in [2.05, 4.69) is 39.1 Å². The summed E-state index contributed by atoms with van der Waals surface area (Å²) >= 11 is 0. The fourth-order valence-corrected chi connectivity index (χ4v) is 3.29. The van der Waals surface area contributed by atoms with Gasteiger partial charge in [0.1, 0.15) is 6.33 Å². The van der Waals surface area contributed by atoms with Gasteiger partial charge in [0.05, 0.1) is 19.4 Å². The second kappa shape index (κ2) is 7.44. The van der Waals surface area contributed by atoms with Gasteiger partial charge in [-0.3, -0.25) is 0 Å². The van der Waals surface area contributed by atoms with Crippen molar-refractivity contribution in [2.45, 2.75) is 6.92 Å². The van der Waals surface area contributed by atoms with Crippen molar-refractivity contribution in [2.75, 3.05) is 31.2 Å². The molecule has 9 heteroatoms. The van der Waals surface area contributed by atoms with Gasteiger partial charge in [-0.1, -0.05) is 29.8 Å². The highest BCUT2D eigenvalue weighted by molar-refractivity contribution is 5.83. The van der Waals surface area contributed by atoms with Crippen LogP contribution in [0.2, 0.25) is 0 Å². The third-order valence-electron chi connectivity index (χ3n) is 4.74. The van der Waals surface area contributed by atoms with Crippen LogP contribution in [0.15, 0.2) is 54.2 Å². The van der Waals surface area contributed by atoms with E-state index in [-0.39, 0.29) is 0 Å². The molecule has 29 heavy (non-hydrogen) atoms. The Bertz CT molecular complexity index is 1160. The molecule has 5 rings (SSSR count). The Balaban J connectivity index is 1.61. The van der Waals surface area contributed by atoms with Crippen molar-refractivity contribution in [3.8, 4) is 5.82 Å². The Kier molecular flexibility index (Phi) is 4.49. The van der Waals surface area contributed by atoms with Gasteiger partial charge in [0.25, 0.3) is 0 Å². The number of fused-ring (bicyclic) bond motifs is 1. The Labute approximate surface area is 167 Å². The molecular weight excluding hydrogens is 368 g/mol. The van der Waals surface area contributed by atoms with Crippen molar-refractivity contribution < 1.29 is 4.74 Å². The minimum absolute atomic E-state index is 0.624. The van der Waals surface area contributed by atoms with Gasteiger partial charge in [0, 0.05) is 25.5 Å². The van der Waals surface area contributed by atoms with Crippen LogP contribution in [0.3, 0.4) is 0 Å². The number of morpholine rings is 1. The molecule has 1 aliphatic rings. The quantitative estimate of drug-likeness (QED) is 0.497. The van der Waals surface area contributed by atoms with E-state index in [1.54, 1.807) is 28.1 Å². The van der Waals surface area contributed by atoms with E-state index in [9.17, 15) is 0 Å². The number of imidazole rings is 1. The Hall–Kier alpha value is -3.59. The minimum atomic E-state index is 0.624. The maximum absolute atomic E-state index is 5.46. The van der Waals surface area contributed by atoms with Crippen LogP contribution < -0.4 is 4.90 Å². The lowest BCUT2D eigenvalue weighted by Gasteiger charge is -2.26. The molecule has 4 heterocycles. The number of nitrogens with zero attached hydrogens (tertiary/aromatic N) is 8. The number of aromatic nitrogens is 6. The highest BCUT2D eigenvalue weighted by atomic mass is 16.5. The number of benzene rings is 1. The third-order valence-corrected chi connectivity index (χ3v) is 4.74. The van der Waals surface area contributed by atoms with Crippen LogP contribution in [-0.4, -0.2) is 61.9 Å². The lowest BCUT2D eigenvalue weighted by Crippen LogP contribution is -2.37. The van der Waals surface area contributed by atoms with E-state index in [0.717, 1.165) is 18.7 Å². The van der Waals surface area contributed by atoms with Crippen LogP contribution in [0.5, 0.6) is 0 Å². The van der Waals surface area contributed by atoms with Gasteiger partial charge < -0.3 is 9.64 Å². The minimum Gasteiger partial charge on any atom is -0.378 e. The van der Waals surface area contributed by atoms with Crippen LogP contribution in [-0.2, 0) is 4.74 Å². The molecule has 4 aromatic rings. The SMILES string of the molecule is Cc1cccc(C=Nn2cnc3c(-n4cccn4)nc(N4CCOCC4)nc32)c1. The van der Waals surface area contributed by atoms with Crippen LogP contribution in [0.1, 0.15) is 11.1 Å². The molecular formula is C20H20N8O. The summed E-state index contributed by atoms with van der Waals surface area (Å²) in [7, 11) is 0. The van der Waals surface area contributed by atoms with E-state index >= 15 is 0 Å². The number of rotatable bonds is 4. The lowest BCUT2D eigenvalue weighted by molar-refractivity contribution is 0.122. The van der Waals surface area contributed by atoms with Crippen molar-refractivity contribution in [3.05, 3.63) is 60.2 Å². The fourth-order valence-electron chi connectivity index (χ4n) is 3.29. The molecule has 0 atom stereocenters. The first-order valence-electron chi connectivity index (χ1n) is 9.47. The van der Waals surface area contributed by atoms with E-state index in [1.807, 2.05) is 24.4 Å². The molecule has 1 saturated heterocycles. The summed E-state index contributed by atoms with van der Waals surface area (Å²) in [5.41, 5.74) is 3.48. The zero-order valence-corrected chi connectivity index (χ0v) is 16.0. The van der Waals surface area contributed by atoms with E-state index < -0.39 is 0 Å². The Morgan fingerprint density at radius 1 is 1.14 bits per heavy atom. The zero-order chi connectivity index (χ0) is 19.6. The molecule has 1 fully saturated rings. The number of hydrogen-bond donors (Lipinski definition) is 0. The first kappa shape index (κ1) is 17.5. The first-order valence-corrected chi connectivity index (χ1v) is 9.47. The molecule has 9 nitrogen and oxygen atoms in total. The van der Waals surface area contributed by atoms with Crippen molar-refractivity contribution >= 4 is 23.3 Å². The first-order chi connectivity index (χ1) is 14.3. The van der Waals surface area contributed by atoms with E-state index in [0.29, 0.717) is 36.1 Å². The predicted octanol–water partition coefficient (Wildman–Crippen LogP) is 2.04. The van der Waals surface area contributed by atoms with Crippen molar-refractivity contribution in [1.82, 2.24) is 29.4 Å². The second-order valence-electron chi connectivity index (χ2n) is 6.82. The summed E-state index contributed by atoms with van der Waals surface area (Å²) in [6.45, 7) is 4.85. The number of hydrogen-bond acceptors (Lipinski definition) is 7. The molecule has 1 aromatic carbocycles. The van der Waals surface area contributed by atoms with Crippen LogP contribution in [0.25, 0.3) is 17.0 Å². The smallest absolute Gasteiger partial charge is 0.229 e. The molecule has 1 aliphatic heterocycles. The van der Waals surface area contributed by atoms with Crippen LogP contribution in [0.4, 0.5) is 5.95 Å². The zero-order valence-electron chi connectivity index (χ0n) is 16.0. The fraction of sp³-hybridized carbons (Fsp3) is 0.250. The van der Waals surface area contributed by atoms with Crippen molar-refractivity contribution in [2.24, 2.45) is 5.10 Å². The number of anilines is 1. The van der Waals surface area contributed by atoms with Crippen LogP contribution in [0, 0.1) is 6.92 Å². The van der Waals surface area contributed by atoms with Crippen molar-refractivity contribution in [3.63, 3.8) is 0 Å². The molecule has 0 radical (unpaired) electrons.